The van der Waals surface area contributed by atoms with Crippen LogP contribution < -0.4 is 0 Å². The largest absolute Gasteiger partial charge is 0.366 e. The molecular weight excluding hydrogens is 244 g/mol. The zero-order valence-corrected chi connectivity index (χ0v) is 12.0. The Kier molecular flexibility index (Phi) is 3.89. The van der Waals surface area contributed by atoms with E-state index in [0.717, 1.165) is 0 Å². The maximum atomic E-state index is 10.2. The summed E-state index contributed by atoms with van der Waals surface area (Å²) in [6.07, 6.45) is 3.31. The smallest absolute Gasteiger partial charge is 0.184 e. The van der Waals surface area contributed by atoms with Crippen molar-refractivity contribution in [3.05, 3.63) is 25.3 Å². The van der Waals surface area contributed by atoms with Crippen molar-refractivity contribution in [1.82, 2.24) is 0 Å². The second kappa shape index (κ2) is 5.02. The molecule has 2 heterocycles. The van der Waals surface area contributed by atoms with E-state index in [4.69, 9.17) is 14.2 Å². The number of hydrogen-bond acceptors (Lipinski definition) is 4. The van der Waals surface area contributed by atoms with Gasteiger partial charge in [-0.3, -0.25) is 0 Å². The first-order valence-electron chi connectivity index (χ1n) is 6.78. The van der Waals surface area contributed by atoms with Crippen molar-refractivity contribution in [2.24, 2.45) is 5.92 Å². The molecule has 2 aliphatic heterocycles. The SMILES string of the molecule is C=CCC1(CC=C)OC(O)[C@@H]2OC(C)(C)O[C@@H]2[C@H]1C. The van der Waals surface area contributed by atoms with Crippen molar-refractivity contribution in [1.29, 1.82) is 0 Å². The third kappa shape index (κ3) is 2.50. The molecule has 0 spiro atoms. The molecule has 0 aromatic carbocycles. The highest BCUT2D eigenvalue weighted by Gasteiger charge is 2.57. The molecule has 1 unspecified atom stereocenters. The Morgan fingerprint density at radius 1 is 1.05 bits per heavy atom. The van der Waals surface area contributed by atoms with Crippen LogP contribution in [0.4, 0.5) is 0 Å². The van der Waals surface area contributed by atoms with Gasteiger partial charge in [0.15, 0.2) is 12.1 Å². The van der Waals surface area contributed by atoms with Crippen LogP contribution in [0.25, 0.3) is 0 Å². The summed E-state index contributed by atoms with van der Waals surface area (Å²) in [4.78, 5) is 0. The van der Waals surface area contributed by atoms with Gasteiger partial charge >= 0.3 is 0 Å². The molecule has 0 aromatic heterocycles. The topological polar surface area (TPSA) is 47.9 Å². The van der Waals surface area contributed by atoms with Gasteiger partial charge in [0.1, 0.15) is 6.10 Å². The van der Waals surface area contributed by atoms with Gasteiger partial charge in [-0.15, -0.1) is 13.2 Å². The molecule has 19 heavy (non-hydrogen) atoms. The lowest BCUT2D eigenvalue weighted by Gasteiger charge is -2.47. The standard InChI is InChI=1S/C15H24O4/c1-6-8-15(9-7-2)10(3)11-12(13(16)19-15)18-14(4,5)17-11/h6-7,10-13,16H,1-2,8-9H2,3-5H3/t10-,11-,12-,13?/m1/s1. The molecule has 0 radical (unpaired) electrons. The second-order valence-electron chi connectivity index (χ2n) is 5.91. The van der Waals surface area contributed by atoms with E-state index in [1.54, 1.807) is 0 Å². The Labute approximate surface area is 115 Å². The van der Waals surface area contributed by atoms with Crippen LogP contribution in [0, 0.1) is 5.92 Å². The zero-order chi connectivity index (χ0) is 14.3. The number of aliphatic hydroxyl groups is 1. The van der Waals surface area contributed by atoms with Gasteiger partial charge in [-0.25, -0.2) is 0 Å². The maximum Gasteiger partial charge on any atom is 0.184 e. The lowest BCUT2D eigenvalue weighted by Crippen LogP contribution is -2.58. The quantitative estimate of drug-likeness (QED) is 0.795. The van der Waals surface area contributed by atoms with Gasteiger partial charge in [-0.2, -0.15) is 0 Å². The van der Waals surface area contributed by atoms with Crippen molar-refractivity contribution in [3.8, 4) is 0 Å². The van der Waals surface area contributed by atoms with Gasteiger partial charge in [0, 0.05) is 5.92 Å². The molecule has 4 heteroatoms. The zero-order valence-electron chi connectivity index (χ0n) is 12.0. The predicted molar refractivity (Wildman–Crippen MR) is 72.4 cm³/mol. The summed E-state index contributed by atoms with van der Waals surface area (Å²) >= 11 is 0. The Morgan fingerprint density at radius 3 is 2.11 bits per heavy atom. The molecule has 0 amide bonds. The van der Waals surface area contributed by atoms with Crippen LogP contribution >= 0.6 is 0 Å². The van der Waals surface area contributed by atoms with Crippen LogP contribution in [0.15, 0.2) is 25.3 Å². The van der Waals surface area contributed by atoms with Gasteiger partial charge < -0.3 is 19.3 Å². The molecule has 2 rings (SSSR count). The molecule has 2 saturated heterocycles. The van der Waals surface area contributed by atoms with E-state index in [9.17, 15) is 5.11 Å². The van der Waals surface area contributed by atoms with Crippen molar-refractivity contribution < 1.29 is 19.3 Å². The molecule has 4 nitrogen and oxygen atoms in total. The minimum atomic E-state index is -0.983. The average Bonchev–Trinajstić information content (AvgIpc) is 2.64. The fourth-order valence-corrected chi connectivity index (χ4v) is 3.18. The van der Waals surface area contributed by atoms with E-state index in [-0.39, 0.29) is 12.0 Å². The molecule has 4 atom stereocenters. The number of ether oxygens (including phenoxy) is 3. The van der Waals surface area contributed by atoms with Crippen molar-refractivity contribution in [2.75, 3.05) is 0 Å². The Balaban J connectivity index is 2.30. The van der Waals surface area contributed by atoms with Gasteiger partial charge in [0.25, 0.3) is 0 Å². The van der Waals surface area contributed by atoms with E-state index in [0.29, 0.717) is 12.8 Å². The summed E-state index contributed by atoms with van der Waals surface area (Å²) in [5.74, 6) is -0.606. The van der Waals surface area contributed by atoms with Crippen molar-refractivity contribution >= 4 is 0 Å². The third-order valence-electron chi connectivity index (χ3n) is 4.10. The van der Waals surface area contributed by atoms with E-state index in [1.165, 1.54) is 0 Å². The molecule has 0 bridgehead atoms. The first-order valence-corrected chi connectivity index (χ1v) is 6.78. The van der Waals surface area contributed by atoms with Crippen LogP contribution in [0.3, 0.4) is 0 Å². The number of rotatable bonds is 4. The summed E-state index contributed by atoms with van der Waals surface area (Å²) in [7, 11) is 0. The molecule has 0 saturated carbocycles. The minimum absolute atomic E-state index is 0.0821. The molecule has 0 aliphatic carbocycles. The molecule has 0 aromatic rings. The maximum absolute atomic E-state index is 10.2. The highest BCUT2D eigenvalue weighted by Crippen LogP contribution is 2.46. The Bertz CT molecular complexity index is 353. The molecular formula is C15H24O4. The van der Waals surface area contributed by atoms with Crippen molar-refractivity contribution in [3.63, 3.8) is 0 Å². The molecule has 2 fully saturated rings. The second-order valence-corrected chi connectivity index (χ2v) is 5.91. The van der Waals surface area contributed by atoms with Crippen LogP contribution in [0.1, 0.15) is 33.6 Å². The number of fused-ring (bicyclic) bond motifs is 1. The molecule has 2 aliphatic rings. The van der Waals surface area contributed by atoms with Crippen LogP contribution in [-0.4, -0.2) is 35.0 Å². The van der Waals surface area contributed by atoms with Gasteiger partial charge in [-0.1, -0.05) is 19.1 Å². The summed E-state index contributed by atoms with van der Waals surface area (Å²) in [5.41, 5.74) is -0.520. The summed E-state index contributed by atoms with van der Waals surface area (Å²) in [6, 6.07) is 0. The van der Waals surface area contributed by atoms with Gasteiger partial charge in [0.2, 0.25) is 0 Å². The molecule has 108 valence electrons. The highest BCUT2D eigenvalue weighted by atomic mass is 16.8. The average molecular weight is 268 g/mol. The number of hydrogen-bond donors (Lipinski definition) is 1. The summed E-state index contributed by atoms with van der Waals surface area (Å²) in [6.45, 7) is 13.4. The van der Waals surface area contributed by atoms with Crippen LogP contribution in [0.5, 0.6) is 0 Å². The van der Waals surface area contributed by atoms with Crippen molar-refractivity contribution in [2.45, 2.75) is 63.5 Å². The minimum Gasteiger partial charge on any atom is -0.366 e. The van der Waals surface area contributed by atoms with Crippen LogP contribution in [0.2, 0.25) is 0 Å². The summed E-state index contributed by atoms with van der Waals surface area (Å²) in [5, 5.41) is 10.2. The van der Waals surface area contributed by atoms with E-state index < -0.39 is 23.8 Å². The third-order valence-corrected chi connectivity index (χ3v) is 4.10. The lowest BCUT2D eigenvalue weighted by atomic mass is 9.75. The normalized spacial score (nSPS) is 39.6. The number of aliphatic hydroxyl groups excluding tert-OH is 1. The van der Waals surface area contributed by atoms with Gasteiger partial charge in [0.05, 0.1) is 11.7 Å². The Hall–Kier alpha value is -0.680. The highest BCUT2D eigenvalue weighted by molar-refractivity contribution is 5.06. The van der Waals surface area contributed by atoms with Gasteiger partial charge in [-0.05, 0) is 26.7 Å². The molecule has 1 N–H and O–H groups in total. The summed E-state index contributed by atoms with van der Waals surface area (Å²) < 4.78 is 17.6. The van der Waals surface area contributed by atoms with E-state index in [2.05, 4.69) is 20.1 Å². The van der Waals surface area contributed by atoms with Crippen LogP contribution in [-0.2, 0) is 14.2 Å². The fraction of sp³-hybridized carbons (Fsp3) is 0.733. The van der Waals surface area contributed by atoms with E-state index >= 15 is 0 Å². The Morgan fingerprint density at radius 2 is 1.58 bits per heavy atom. The first-order chi connectivity index (χ1) is 8.85. The monoisotopic (exact) mass is 268 g/mol. The predicted octanol–water partition coefficient (Wildman–Crippen LogP) is 2.38. The fourth-order valence-electron chi connectivity index (χ4n) is 3.18. The first kappa shape index (κ1) is 14.7. The van der Waals surface area contributed by atoms with E-state index in [1.807, 2.05) is 26.0 Å². The lowest BCUT2D eigenvalue weighted by molar-refractivity contribution is -0.282.